The van der Waals surface area contributed by atoms with E-state index in [0.29, 0.717) is 33.8 Å². The molecule has 0 saturated carbocycles. The highest BCUT2D eigenvalue weighted by molar-refractivity contribution is 7.85. The fourth-order valence-electron chi connectivity index (χ4n) is 1.28. The minimum atomic E-state index is -1.17. The van der Waals surface area contributed by atoms with Crippen LogP contribution in [-0.4, -0.2) is 46.7 Å². The molecular weight excluding hydrogens is 281 g/mol. The Morgan fingerprint density at radius 1 is 1.35 bits per heavy atom. The third-order valence-electron chi connectivity index (χ3n) is 2.28. The molecule has 0 fully saturated rings. The Balaban J connectivity index is 2.61. The van der Waals surface area contributed by atoms with Gasteiger partial charge in [0.25, 0.3) is 0 Å². The maximum Gasteiger partial charge on any atom is 0.0589 e. The van der Waals surface area contributed by atoms with E-state index < -0.39 is 10.8 Å². The first-order valence-electron chi connectivity index (χ1n) is 5.17. The molecule has 1 rings (SSSR count). The highest BCUT2D eigenvalue weighted by atomic mass is 35.5. The number of aliphatic hydroxyl groups is 1. The molecule has 1 aromatic carbocycles. The summed E-state index contributed by atoms with van der Waals surface area (Å²) in [5.74, 6) is 0.469. The van der Waals surface area contributed by atoms with E-state index in [2.05, 4.69) is 0 Å². The summed E-state index contributed by atoms with van der Waals surface area (Å²) in [5.41, 5.74) is 0. The molecule has 1 atom stereocenters. The molecule has 0 heterocycles. The average Bonchev–Trinajstić information content (AvgIpc) is 2.29. The Morgan fingerprint density at radius 2 is 2.06 bits per heavy atom. The quantitative estimate of drug-likeness (QED) is 0.873. The summed E-state index contributed by atoms with van der Waals surface area (Å²) < 4.78 is 12.0. The van der Waals surface area contributed by atoms with Gasteiger partial charge in [-0.3, -0.25) is 4.21 Å². The number of hydrogen-bond donors (Lipinski definition) is 1. The zero-order valence-electron chi connectivity index (χ0n) is 9.53. The van der Waals surface area contributed by atoms with Crippen molar-refractivity contribution >= 4 is 34.0 Å². The van der Waals surface area contributed by atoms with E-state index >= 15 is 0 Å². The molecule has 0 bridgehead atoms. The Bertz CT molecular complexity index is 401. The zero-order chi connectivity index (χ0) is 12.8. The SMILES string of the molecule is CN(CCO)CCS(=O)c1cc(Cl)ccc1Cl. The van der Waals surface area contributed by atoms with Gasteiger partial charge in [-0.15, -0.1) is 0 Å². The van der Waals surface area contributed by atoms with Gasteiger partial charge in [0, 0.05) is 23.9 Å². The first kappa shape index (κ1) is 14.9. The fourth-order valence-corrected chi connectivity index (χ4v) is 3.14. The van der Waals surface area contributed by atoms with E-state index in [4.69, 9.17) is 28.3 Å². The lowest BCUT2D eigenvalue weighted by molar-refractivity contribution is 0.228. The number of benzene rings is 1. The smallest absolute Gasteiger partial charge is 0.0589 e. The molecule has 0 aliphatic carbocycles. The summed E-state index contributed by atoms with van der Waals surface area (Å²) in [6.07, 6.45) is 0. The maximum atomic E-state index is 12.0. The van der Waals surface area contributed by atoms with Gasteiger partial charge in [0.15, 0.2) is 0 Å². The maximum absolute atomic E-state index is 12.0. The van der Waals surface area contributed by atoms with Crippen molar-refractivity contribution in [2.45, 2.75) is 4.90 Å². The van der Waals surface area contributed by atoms with Crippen LogP contribution in [0, 0.1) is 0 Å². The van der Waals surface area contributed by atoms with Crippen molar-refractivity contribution in [2.75, 3.05) is 32.5 Å². The van der Waals surface area contributed by atoms with Gasteiger partial charge in [-0.1, -0.05) is 23.2 Å². The molecule has 0 amide bonds. The van der Waals surface area contributed by atoms with Crippen molar-refractivity contribution in [2.24, 2.45) is 0 Å². The van der Waals surface area contributed by atoms with Crippen LogP contribution >= 0.6 is 23.2 Å². The number of halogens is 2. The largest absolute Gasteiger partial charge is 0.395 e. The van der Waals surface area contributed by atoms with Crippen LogP contribution in [0.1, 0.15) is 0 Å². The molecule has 0 aliphatic rings. The van der Waals surface area contributed by atoms with Gasteiger partial charge in [-0.2, -0.15) is 0 Å². The Morgan fingerprint density at radius 3 is 2.71 bits per heavy atom. The van der Waals surface area contributed by atoms with Crippen molar-refractivity contribution in [1.29, 1.82) is 0 Å². The molecule has 96 valence electrons. The number of aliphatic hydroxyl groups excluding tert-OH is 1. The number of nitrogens with zero attached hydrogens (tertiary/aromatic N) is 1. The molecule has 17 heavy (non-hydrogen) atoms. The topological polar surface area (TPSA) is 40.5 Å². The average molecular weight is 296 g/mol. The molecule has 3 nitrogen and oxygen atoms in total. The second-order valence-corrected chi connectivity index (χ2v) is 6.03. The van der Waals surface area contributed by atoms with Crippen LogP contribution in [0.2, 0.25) is 10.0 Å². The molecule has 0 spiro atoms. The molecule has 0 aromatic heterocycles. The summed E-state index contributed by atoms with van der Waals surface area (Å²) in [5, 5.41) is 9.74. The molecule has 0 aliphatic heterocycles. The summed E-state index contributed by atoms with van der Waals surface area (Å²) in [6, 6.07) is 4.95. The molecule has 1 unspecified atom stereocenters. The zero-order valence-corrected chi connectivity index (χ0v) is 11.9. The third kappa shape index (κ3) is 4.94. The van der Waals surface area contributed by atoms with Gasteiger partial charge in [-0.25, -0.2) is 0 Å². The Hall–Kier alpha value is -0.130. The van der Waals surface area contributed by atoms with Crippen LogP contribution in [-0.2, 0) is 10.8 Å². The van der Waals surface area contributed by atoms with E-state index in [0.717, 1.165) is 0 Å². The van der Waals surface area contributed by atoms with Crippen molar-refractivity contribution in [3.8, 4) is 0 Å². The van der Waals surface area contributed by atoms with E-state index in [9.17, 15) is 4.21 Å². The van der Waals surface area contributed by atoms with Crippen LogP contribution in [0.5, 0.6) is 0 Å². The van der Waals surface area contributed by atoms with E-state index in [1.165, 1.54) is 0 Å². The van der Waals surface area contributed by atoms with Crippen LogP contribution in [0.3, 0.4) is 0 Å². The second kappa shape index (κ2) is 7.34. The highest BCUT2D eigenvalue weighted by Gasteiger charge is 2.10. The lowest BCUT2D eigenvalue weighted by Crippen LogP contribution is -2.26. The number of hydrogen-bond acceptors (Lipinski definition) is 3. The first-order valence-corrected chi connectivity index (χ1v) is 7.25. The minimum Gasteiger partial charge on any atom is -0.395 e. The summed E-state index contributed by atoms with van der Waals surface area (Å²) in [6.45, 7) is 1.30. The van der Waals surface area contributed by atoms with Gasteiger partial charge >= 0.3 is 0 Å². The normalized spacial score (nSPS) is 13.0. The third-order valence-corrected chi connectivity index (χ3v) is 4.34. The van der Waals surface area contributed by atoms with Gasteiger partial charge in [0.1, 0.15) is 0 Å². The molecule has 1 N–H and O–H groups in total. The Labute approximate surface area is 114 Å². The van der Waals surface area contributed by atoms with Gasteiger partial charge in [-0.05, 0) is 25.2 Å². The summed E-state index contributed by atoms with van der Waals surface area (Å²) in [7, 11) is 0.699. The fraction of sp³-hybridized carbons (Fsp3) is 0.455. The van der Waals surface area contributed by atoms with Gasteiger partial charge in [0.2, 0.25) is 0 Å². The van der Waals surface area contributed by atoms with Gasteiger partial charge < -0.3 is 10.0 Å². The van der Waals surface area contributed by atoms with Crippen molar-refractivity contribution in [1.82, 2.24) is 4.90 Å². The van der Waals surface area contributed by atoms with Crippen LogP contribution < -0.4 is 0 Å². The van der Waals surface area contributed by atoms with Crippen LogP contribution in [0.15, 0.2) is 23.1 Å². The van der Waals surface area contributed by atoms with Crippen LogP contribution in [0.4, 0.5) is 0 Å². The van der Waals surface area contributed by atoms with Crippen molar-refractivity contribution in [3.63, 3.8) is 0 Å². The predicted octanol–water partition coefficient (Wildman–Crippen LogP) is 2.03. The Kier molecular flexibility index (Phi) is 6.44. The molecule has 1 aromatic rings. The molecule has 6 heteroatoms. The van der Waals surface area contributed by atoms with E-state index in [1.807, 2.05) is 11.9 Å². The monoisotopic (exact) mass is 295 g/mol. The lowest BCUT2D eigenvalue weighted by atomic mass is 10.4. The van der Waals surface area contributed by atoms with Crippen LogP contribution in [0.25, 0.3) is 0 Å². The van der Waals surface area contributed by atoms with E-state index in [-0.39, 0.29) is 6.61 Å². The predicted molar refractivity (Wildman–Crippen MR) is 72.3 cm³/mol. The van der Waals surface area contributed by atoms with E-state index in [1.54, 1.807) is 18.2 Å². The summed E-state index contributed by atoms with van der Waals surface area (Å²) >= 11 is 11.8. The molecule has 0 saturated heterocycles. The molecular formula is C11H15Cl2NO2S. The van der Waals surface area contributed by atoms with Crippen molar-refractivity contribution < 1.29 is 9.32 Å². The first-order chi connectivity index (χ1) is 8.04. The van der Waals surface area contributed by atoms with Gasteiger partial charge in [0.05, 0.1) is 27.3 Å². The number of likely N-dealkylation sites (N-methyl/N-ethyl adjacent to an activating group) is 1. The lowest BCUT2D eigenvalue weighted by Gasteiger charge is -2.14. The summed E-state index contributed by atoms with van der Waals surface area (Å²) in [4.78, 5) is 2.48. The minimum absolute atomic E-state index is 0.0983. The second-order valence-electron chi connectivity index (χ2n) is 3.65. The molecule has 0 radical (unpaired) electrons. The number of rotatable bonds is 6. The van der Waals surface area contributed by atoms with Crippen molar-refractivity contribution in [3.05, 3.63) is 28.2 Å². The highest BCUT2D eigenvalue weighted by Crippen LogP contribution is 2.23. The standard InChI is InChI=1S/C11H15Cl2NO2S/c1-14(4-6-15)5-7-17(16)11-8-9(12)2-3-10(11)13/h2-3,8,15H,4-7H2,1H3.